The number of benzene rings is 4. The maximum absolute atomic E-state index is 13.5. The van der Waals surface area contributed by atoms with Gasteiger partial charge in [0.25, 0.3) is 0 Å². The van der Waals surface area contributed by atoms with Gasteiger partial charge in [0, 0.05) is 0 Å². The van der Waals surface area contributed by atoms with Gasteiger partial charge in [-0.05, 0) is 41.0 Å². The summed E-state index contributed by atoms with van der Waals surface area (Å²) in [6.45, 7) is 2.08. The summed E-state index contributed by atoms with van der Waals surface area (Å²) in [5.41, 5.74) is 2.84. The van der Waals surface area contributed by atoms with E-state index >= 15 is 0 Å². The Hall–Kier alpha value is -5.87. The molecule has 0 unspecified atom stereocenters. The molecule has 3 saturated heterocycles. The van der Waals surface area contributed by atoms with Crippen molar-refractivity contribution in [3.8, 4) is 0 Å². The molecule has 4 aromatic rings. The third-order valence-electron chi connectivity index (χ3n) is 14.3. The first-order chi connectivity index (χ1) is 38.2. The van der Waals surface area contributed by atoms with Gasteiger partial charge in [-0.25, -0.2) is 14.4 Å². The topological polar surface area (TPSA) is 321 Å². The molecule has 0 aromatic heterocycles. The fourth-order valence-electron chi connectivity index (χ4n) is 9.99. The number of alkyl carbamates (subject to hydrolysis) is 3. The third-order valence-corrected chi connectivity index (χ3v) is 14.3. The average molecular weight is 1110 g/mol. The smallest absolute Gasteiger partial charge is 0.407 e. The van der Waals surface area contributed by atoms with E-state index in [2.05, 4.69) is 16.0 Å². The van der Waals surface area contributed by atoms with E-state index in [9.17, 15) is 50.1 Å². The molecule has 0 radical (unpaired) electrons. The first kappa shape index (κ1) is 59.3. The first-order valence-corrected chi connectivity index (χ1v) is 26.4. The summed E-state index contributed by atoms with van der Waals surface area (Å²) < 4.78 is 60.2. The third kappa shape index (κ3) is 15.5. The van der Waals surface area contributed by atoms with Crippen molar-refractivity contribution in [2.75, 3.05) is 13.2 Å². The molecule has 4 aromatic carbocycles. The maximum Gasteiger partial charge on any atom is 0.407 e. The molecule has 10 N–H and O–H groups in total. The van der Waals surface area contributed by atoms with Crippen molar-refractivity contribution in [2.45, 2.75) is 163 Å². The van der Waals surface area contributed by atoms with Crippen molar-refractivity contribution in [3.05, 3.63) is 144 Å². The second kappa shape index (κ2) is 28.5. The summed E-state index contributed by atoms with van der Waals surface area (Å²) in [5, 5.41) is 88.4. The number of rotatable bonds is 21. The van der Waals surface area contributed by atoms with Gasteiger partial charge < -0.3 is 99.1 Å². The van der Waals surface area contributed by atoms with Crippen LogP contribution in [0.25, 0.3) is 0 Å². The van der Waals surface area contributed by atoms with Gasteiger partial charge in [0.15, 0.2) is 18.9 Å². The van der Waals surface area contributed by atoms with Crippen molar-refractivity contribution in [1.29, 1.82) is 0 Å². The molecule has 19 atom stereocenters. The van der Waals surface area contributed by atoms with Crippen molar-refractivity contribution in [1.82, 2.24) is 16.0 Å². The van der Waals surface area contributed by atoms with Crippen LogP contribution in [0.2, 0.25) is 0 Å². The number of carbonyl (C=O) groups excluding carboxylic acids is 3. The Morgan fingerprint density at radius 2 is 0.886 bits per heavy atom. The van der Waals surface area contributed by atoms with Crippen molar-refractivity contribution >= 4 is 18.3 Å². The lowest BCUT2D eigenvalue weighted by molar-refractivity contribution is -0.319. The van der Waals surface area contributed by atoms with E-state index in [1.54, 1.807) is 98.8 Å². The van der Waals surface area contributed by atoms with E-state index in [4.69, 9.17) is 47.4 Å². The van der Waals surface area contributed by atoms with Crippen LogP contribution in [0, 0.1) is 5.92 Å². The van der Waals surface area contributed by atoms with Crippen LogP contribution < -0.4 is 16.0 Å². The normalized spacial score (nSPS) is 33.5. The quantitative estimate of drug-likeness (QED) is 0.0534. The van der Waals surface area contributed by atoms with E-state index in [1.807, 2.05) is 36.4 Å². The monoisotopic (exact) mass is 1110 g/mol. The first-order valence-electron chi connectivity index (χ1n) is 26.4. The van der Waals surface area contributed by atoms with Crippen LogP contribution in [-0.4, -0.2) is 177 Å². The van der Waals surface area contributed by atoms with Crippen molar-refractivity contribution < 1.29 is 97.5 Å². The molecule has 3 amide bonds. The van der Waals surface area contributed by atoms with Crippen LogP contribution >= 0.6 is 0 Å². The zero-order valence-electron chi connectivity index (χ0n) is 43.6. The summed E-state index contributed by atoms with van der Waals surface area (Å²) in [7, 11) is 0. The molecule has 430 valence electrons. The average Bonchev–Trinajstić information content (AvgIpc) is 3.79. The minimum atomic E-state index is -1.83. The molecule has 3 aliphatic heterocycles. The minimum absolute atomic E-state index is 0.0118. The van der Waals surface area contributed by atoms with Crippen LogP contribution in [0.4, 0.5) is 14.4 Å². The molecule has 1 aliphatic carbocycles. The van der Waals surface area contributed by atoms with E-state index in [1.165, 1.54) is 0 Å². The number of aliphatic hydroxyl groups excluding tert-OH is 7. The van der Waals surface area contributed by atoms with E-state index in [0.717, 1.165) is 5.56 Å². The number of aliphatic hydroxyl groups is 7. The van der Waals surface area contributed by atoms with Gasteiger partial charge in [-0.15, -0.1) is 0 Å². The molecule has 1 saturated carbocycles. The Balaban J connectivity index is 1.04. The lowest BCUT2D eigenvalue weighted by Gasteiger charge is -2.48. The Morgan fingerprint density at radius 3 is 1.35 bits per heavy atom. The van der Waals surface area contributed by atoms with Gasteiger partial charge in [0.05, 0.1) is 38.1 Å². The summed E-state index contributed by atoms with van der Waals surface area (Å²) in [6, 6.07) is 31.5. The number of carbonyl (C=O) groups is 3. The molecule has 0 bridgehead atoms. The fourth-order valence-corrected chi connectivity index (χ4v) is 9.99. The second-order valence-corrected chi connectivity index (χ2v) is 20.0. The lowest BCUT2D eigenvalue weighted by atomic mass is 9.80. The molecule has 79 heavy (non-hydrogen) atoms. The number of hydrogen-bond donors (Lipinski definition) is 10. The number of nitrogens with one attached hydrogen (secondary N) is 3. The summed E-state index contributed by atoms with van der Waals surface area (Å²) in [4.78, 5) is 40.0. The van der Waals surface area contributed by atoms with Crippen LogP contribution in [0.3, 0.4) is 0 Å². The summed E-state index contributed by atoms with van der Waals surface area (Å²) in [6.07, 6.45) is -25.8. The van der Waals surface area contributed by atoms with Gasteiger partial charge in [-0.1, -0.05) is 135 Å². The van der Waals surface area contributed by atoms with Gasteiger partial charge in [-0.3, -0.25) is 0 Å². The SMILES string of the molecule is CC[C@@H]1O[C@H](O[C@H]2[C@@H](O)[C@H](O[C@@H]3[C@@H](O)[C@H](NC(=O)OCc4ccccc4)C[C@H](C)[C@H]3O[C@H]3O[C@H](COCc4ccccc4)[C@@H](O)[C@H](O)[C@H]3NC(=O)OCc3ccccc3)O[C@@H]2CO)[C@H](NC(=O)OCc2ccccc2)[C@@H](O)[C@@H]1O. The maximum atomic E-state index is 13.5. The molecule has 23 heteroatoms. The Labute approximate surface area is 456 Å². The molecule has 23 nitrogen and oxygen atoms in total. The van der Waals surface area contributed by atoms with Gasteiger partial charge in [0.2, 0.25) is 0 Å². The predicted octanol–water partition coefficient (Wildman–Crippen LogP) is 2.03. The van der Waals surface area contributed by atoms with Crippen LogP contribution in [0.1, 0.15) is 48.9 Å². The van der Waals surface area contributed by atoms with Crippen LogP contribution in [0.15, 0.2) is 121 Å². The summed E-state index contributed by atoms with van der Waals surface area (Å²) >= 11 is 0. The van der Waals surface area contributed by atoms with E-state index in [-0.39, 0.29) is 45.9 Å². The zero-order valence-corrected chi connectivity index (χ0v) is 43.6. The highest BCUT2D eigenvalue weighted by atomic mass is 16.8. The van der Waals surface area contributed by atoms with Crippen LogP contribution in [0.5, 0.6) is 0 Å². The minimum Gasteiger partial charge on any atom is -0.445 e. The molecule has 4 aliphatic rings. The Morgan fingerprint density at radius 1 is 0.481 bits per heavy atom. The largest absolute Gasteiger partial charge is 0.445 e. The molecule has 3 heterocycles. The van der Waals surface area contributed by atoms with Gasteiger partial charge in [0.1, 0.15) is 92.9 Å². The van der Waals surface area contributed by atoms with Crippen molar-refractivity contribution in [3.63, 3.8) is 0 Å². The standard InChI is InChI=1S/C56H71N3O20/c1-3-37-43(62)45(64)40(58-55(68)72-28-34-20-12-6-13-21-34)51(74-37)78-49-38(25-60)75-53(47(49)66)79-50-42(61)36(57-54(67)71-27-33-18-10-5-11-19-33)24-31(2)48(50)77-52-41(59-56(69)73-29-35-22-14-7-15-23-35)46(65)44(63)39(76-52)30-70-26-32-16-8-4-9-17-32/h4-23,31,36-53,60-66H,3,24-30H2,1-2H3,(H,57,67)(H,58,68)(H,59,69)/t31-,36+,37-,38+,39+,40+,41+,42-,43+,44+,45+,46+,47+,48+,49+,50+,51+,52+,53-/m0/s1. The molecule has 0 spiro atoms. The molecular weight excluding hydrogens is 1030 g/mol. The predicted molar refractivity (Wildman–Crippen MR) is 275 cm³/mol. The second-order valence-electron chi connectivity index (χ2n) is 20.0. The number of hydrogen-bond acceptors (Lipinski definition) is 20. The van der Waals surface area contributed by atoms with Gasteiger partial charge >= 0.3 is 18.3 Å². The van der Waals surface area contributed by atoms with Crippen molar-refractivity contribution in [2.24, 2.45) is 5.92 Å². The van der Waals surface area contributed by atoms with Crippen LogP contribution in [-0.2, 0) is 73.8 Å². The van der Waals surface area contributed by atoms with E-state index in [0.29, 0.717) is 16.7 Å². The highest BCUT2D eigenvalue weighted by Gasteiger charge is 2.56. The zero-order chi connectivity index (χ0) is 56.0. The van der Waals surface area contributed by atoms with E-state index < -0.39 is 141 Å². The lowest BCUT2D eigenvalue weighted by Crippen LogP contribution is -2.67. The Kier molecular flexibility index (Phi) is 21.4. The number of ether oxygens (including phenoxy) is 10. The molecule has 8 rings (SSSR count). The molecule has 4 fully saturated rings. The summed E-state index contributed by atoms with van der Waals surface area (Å²) in [5.74, 6) is -0.707. The molecular formula is C56H71N3O20. The van der Waals surface area contributed by atoms with Gasteiger partial charge in [-0.2, -0.15) is 0 Å². The fraction of sp³-hybridized carbons (Fsp3) is 0.518. The number of amides is 3. The highest BCUT2D eigenvalue weighted by molar-refractivity contribution is 5.68. The Bertz CT molecular complexity index is 2490. The highest BCUT2D eigenvalue weighted by Crippen LogP contribution is 2.38.